The Kier molecular flexibility index (Phi) is 6.92. The predicted octanol–water partition coefficient (Wildman–Crippen LogP) is 3.36. The number of aromatic nitrogens is 1. The van der Waals surface area contributed by atoms with Crippen molar-refractivity contribution in [2.24, 2.45) is 0 Å². The van der Waals surface area contributed by atoms with Crippen LogP contribution in [-0.2, 0) is 23.1 Å². The van der Waals surface area contributed by atoms with E-state index in [1.165, 1.54) is 0 Å². The first kappa shape index (κ1) is 20.9. The normalized spacial score (nSPS) is 11.1. The number of nitrogens with zero attached hydrogens (tertiary/aromatic N) is 1. The van der Waals surface area contributed by atoms with Crippen LogP contribution in [0.1, 0.15) is 16.7 Å². The zero-order chi connectivity index (χ0) is 20.7. The number of benzene rings is 2. The topological polar surface area (TPSA) is 83.1 Å². The average Bonchev–Trinajstić information content (AvgIpc) is 2.73. The highest BCUT2D eigenvalue weighted by Crippen LogP contribution is 2.15. The third kappa shape index (κ3) is 6.35. The maximum Gasteiger partial charge on any atom is 0.240 e. The lowest BCUT2D eigenvalue weighted by Crippen LogP contribution is -2.28. The number of hydrogen-bond acceptors (Lipinski definition) is 4. The number of aryl methyl sites for hydroxylation is 1. The molecule has 0 bridgehead atoms. The van der Waals surface area contributed by atoms with E-state index in [4.69, 9.17) is 12.2 Å². The van der Waals surface area contributed by atoms with Crippen LogP contribution in [0.15, 0.2) is 78.0 Å². The molecule has 0 saturated heterocycles. The van der Waals surface area contributed by atoms with Gasteiger partial charge in [0.05, 0.1) is 4.90 Å². The van der Waals surface area contributed by atoms with Gasteiger partial charge in [-0.2, -0.15) is 0 Å². The van der Waals surface area contributed by atoms with Gasteiger partial charge in [0.15, 0.2) is 5.11 Å². The maximum atomic E-state index is 12.5. The molecule has 29 heavy (non-hydrogen) atoms. The van der Waals surface area contributed by atoms with E-state index < -0.39 is 10.0 Å². The van der Waals surface area contributed by atoms with Gasteiger partial charge in [-0.1, -0.05) is 29.8 Å². The number of hydrogen-bond donors (Lipinski definition) is 3. The van der Waals surface area contributed by atoms with Crippen LogP contribution in [-0.4, -0.2) is 18.5 Å². The van der Waals surface area contributed by atoms with Gasteiger partial charge in [-0.3, -0.25) is 4.98 Å². The van der Waals surface area contributed by atoms with E-state index in [1.54, 1.807) is 36.7 Å². The summed E-state index contributed by atoms with van der Waals surface area (Å²) >= 11 is 5.28. The molecular weight excluding hydrogens is 404 g/mol. The van der Waals surface area contributed by atoms with Gasteiger partial charge in [0.1, 0.15) is 0 Å². The van der Waals surface area contributed by atoms with Gasteiger partial charge >= 0.3 is 0 Å². The van der Waals surface area contributed by atoms with Crippen molar-refractivity contribution < 1.29 is 8.42 Å². The van der Waals surface area contributed by atoms with Crippen molar-refractivity contribution in [1.29, 1.82) is 0 Å². The Bertz CT molecular complexity index is 1050. The summed E-state index contributed by atoms with van der Waals surface area (Å²) in [5.74, 6) is 0. The molecule has 150 valence electrons. The summed E-state index contributed by atoms with van der Waals surface area (Å²) in [5, 5.41) is 6.59. The Hall–Kier alpha value is -2.81. The Morgan fingerprint density at radius 1 is 0.897 bits per heavy atom. The molecule has 3 aromatic rings. The Morgan fingerprint density at radius 3 is 2.17 bits per heavy atom. The van der Waals surface area contributed by atoms with E-state index in [0.29, 0.717) is 17.3 Å². The van der Waals surface area contributed by atoms with Crippen molar-refractivity contribution in [3.63, 3.8) is 0 Å². The van der Waals surface area contributed by atoms with E-state index in [1.807, 2.05) is 43.3 Å². The summed E-state index contributed by atoms with van der Waals surface area (Å²) in [6.45, 7) is 2.80. The molecule has 2 aromatic carbocycles. The fraction of sp³-hybridized carbons (Fsp3) is 0.143. The van der Waals surface area contributed by atoms with E-state index in [0.717, 1.165) is 16.7 Å². The smallest absolute Gasteiger partial charge is 0.240 e. The first-order valence-corrected chi connectivity index (χ1v) is 10.9. The third-order valence-corrected chi connectivity index (χ3v) is 5.88. The molecule has 0 unspecified atom stereocenters. The molecule has 0 aliphatic carbocycles. The van der Waals surface area contributed by atoms with Crippen molar-refractivity contribution in [2.45, 2.75) is 24.9 Å². The van der Waals surface area contributed by atoms with Crippen LogP contribution >= 0.6 is 12.2 Å². The Balaban J connectivity index is 1.54. The number of nitrogens with one attached hydrogen (secondary N) is 3. The fourth-order valence-electron chi connectivity index (χ4n) is 2.54. The standard InChI is InChI=1S/C21H22N4O2S2/c1-16-2-4-17(5-3-16)15-24-29(26,27)20-8-6-19(7-9-20)25-21(28)23-14-18-10-12-22-13-11-18/h2-13,24H,14-15H2,1H3,(H2,23,25,28). The summed E-state index contributed by atoms with van der Waals surface area (Å²) in [7, 11) is -3.59. The quantitative estimate of drug-likeness (QED) is 0.503. The highest BCUT2D eigenvalue weighted by atomic mass is 32.2. The van der Waals surface area contributed by atoms with Crippen LogP contribution in [0.5, 0.6) is 0 Å². The molecule has 6 nitrogen and oxygen atoms in total. The average molecular weight is 427 g/mol. The molecule has 0 amide bonds. The minimum Gasteiger partial charge on any atom is -0.358 e. The monoisotopic (exact) mass is 426 g/mol. The molecule has 0 aliphatic heterocycles. The van der Waals surface area contributed by atoms with Crippen LogP contribution in [0.25, 0.3) is 0 Å². The van der Waals surface area contributed by atoms with Crippen LogP contribution in [0, 0.1) is 6.92 Å². The largest absolute Gasteiger partial charge is 0.358 e. The molecule has 0 fully saturated rings. The molecule has 0 aliphatic rings. The first-order valence-electron chi connectivity index (χ1n) is 9.01. The van der Waals surface area contributed by atoms with Gasteiger partial charge in [0.2, 0.25) is 10.0 Å². The third-order valence-electron chi connectivity index (χ3n) is 4.21. The first-order chi connectivity index (χ1) is 13.9. The van der Waals surface area contributed by atoms with E-state index >= 15 is 0 Å². The number of thiocarbonyl (C=S) groups is 1. The summed E-state index contributed by atoms with van der Waals surface area (Å²) in [6, 6.07) is 18.0. The van der Waals surface area contributed by atoms with Crippen LogP contribution in [0.4, 0.5) is 5.69 Å². The lowest BCUT2D eigenvalue weighted by atomic mass is 10.2. The van der Waals surface area contributed by atoms with Crippen molar-refractivity contribution in [3.05, 3.63) is 89.7 Å². The van der Waals surface area contributed by atoms with Crippen molar-refractivity contribution in [2.75, 3.05) is 5.32 Å². The highest BCUT2D eigenvalue weighted by Gasteiger charge is 2.13. The molecule has 0 radical (unpaired) electrons. The van der Waals surface area contributed by atoms with Gasteiger partial charge in [0, 0.05) is 31.2 Å². The SMILES string of the molecule is Cc1ccc(CNS(=O)(=O)c2ccc(NC(=S)NCc3ccncc3)cc2)cc1. The zero-order valence-corrected chi connectivity index (χ0v) is 17.6. The Labute approximate surface area is 176 Å². The van der Waals surface area contributed by atoms with E-state index in [9.17, 15) is 8.42 Å². The van der Waals surface area contributed by atoms with Crippen molar-refractivity contribution in [3.8, 4) is 0 Å². The van der Waals surface area contributed by atoms with Gasteiger partial charge in [-0.05, 0) is 66.7 Å². The number of anilines is 1. The molecule has 0 saturated carbocycles. The second-order valence-corrected chi connectivity index (χ2v) is 8.67. The molecular formula is C21H22N4O2S2. The minimum absolute atomic E-state index is 0.200. The highest BCUT2D eigenvalue weighted by molar-refractivity contribution is 7.89. The summed E-state index contributed by atoms with van der Waals surface area (Å²) in [5.41, 5.74) is 3.80. The van der Waals surface area contributed by atoms with Crippen LogP contribution < -0.4 is 15.4 Å². The maximum absolute atomic E-state index is 12.5. The zero-order valence-electron chi connectivity index (χ0n) is 15.9. The van der Waals surface area contributed by atoms with Gasteiger partial charge in [-0.25, -0.2) is 13.1 Å². The number of sulfonamides is 1. The lowest BCUT2D eigenvalue weighted by molar-refractivity contribution is 0.581. The molecule has 8 heteroatoms. The molecule has 0 atom stereocenters. The van der Waals surface area contributed by atoms with Crippen LogP contribution in [0.2, 0.25) is 0 Å². The lowest BCUT2D eigenvalue weighted by Gasteiger charge is -2.11. The second kappa shape index (κ2) is 9.60. The van der Waals surface area contributed by atoms with E-state index in [2.05, 4.69) is 20.3 Å². The van der Waals surface area contributed by atoms with Crippen molar-refractivity contribution >= 4 is 33.0 Å². The van der Waals surface area contributed by atoms with Crippen molar-refractivity contribution in [1.82, 2.24) is 15.0 Å². The minimum atomic E-state index is -3.59. The predicted molar refractivity (Wildman–Crippen MR) is 119 cm³/mol. The molecule has 1 heterocycles. The number of rotatable bonds is 7. The molecule has 0 spiro atoms. The van der Waals surface area contributed by atoms with Gasteiger partial charge < -0.3 is 10.6 Å². The molecule has 3 N–H and O–H groups in total. The fourth-order valence-corrected chi connectivity index (χ4v) is 3.75. The second-order valence-electron chi connectivity index (χ2n) is 6.50. The van der Waals surface area contributed by atoms with E-state index in [-0.39, 0.29) is 11.4 Å². The summed E-state index contributed by atoms with van der Waals surface area (Å²) in [6.07, 6.45) is 3.44. The van der Waals surface area contributed by atoms with Gasteiger partial charge in [0.25, 0.3) is 0 Å². The number of pyridine rings is 1. The Morgan fingerprint density at radius 2 is 1.52 bits per heavy atom. The summed E-state index contributed by atoms with van der Waals surface area (Å²) in [4.78, 5) is 4.17. The molecule has 1 aromatic heterocycles. The van der Waals surface area contributed by atoms with Gasteiger partial charge in [-0.15, -0.1) is 0 Å². The van der Waals surface area contributed by atoms with Crippen LogP contribution in [0.3, 0.4) is 0 Å². The summed E-state index contributed by atoms with van der Waals surface area (Å²) < 4.78 is 27.6. The molecule has 3 rings (SSSR count).